The lowest BCUT2D eigenvalue weighted by Crippen LogP contribution is -2.32. The molecule has 0 bridgehead atoms. The number of aryl methyl sites for hydroxylation is 1. The summed E-state index contributed by atoms with van der Waals surface area (Å²) in [6, 6.07) is 3.23. The molecule has 0 saturated carbocycles. The highest BCUT2D eigenvalue weighted by molar-refractivity contribution is 6.31. The van der Waals surface area contributed by atoms with Gasteiger partial charge in [0, 0.05) is 24.8 Å². The fraction of sp³-hybridized carbons (Fsp3) is 0.667. The van der Waals surface area contributed by atoms with Crippen molar-refractivity contribution in [2.75, 3.05) is 18.4 Å². The highest BCUT2D eigenvalue weighted by Gasteiger charge is 2.19. The molecule has 0 spiro atoms. The molecule has 0 aliphatic carbocycles. The zero-order chi connectivity index (χ0) is 13.8. The summed E-state index contributed by atoms with van der Waals surface area (Å²) in [4.78, 5) is 6.76. The van der Waals surface area contributed by atoms with Crippen LogP contribution in [0.3, 0.4) is 0 Å². The molecule has 1 fully saturated rings. The van der Waals surface area contributed by atoms with Crippen LogP contribution in [-0.2, 0) is 0 Å². The van der Waals surface area contributed by atoms with E-state index in [1.54, 1.807) is 6.20 Å². The predicted molar refractivity (Wildman–Crippen MR) is 82.0 cm³/mol. The van der Waals surface area contributed by atoms with Crippen molar-refractivity contribution in [2.45, 2.75) is 52.1 Å². The van der Waals surface area contributed by atoms with Gasteiger partial charge in [-0.3, -0.25) is 0 Å². The van der Waals surface area contributed by atoms with Gasteiger partial charge in [0.05, 0.1) is 5.69 Å². The van der Waals surface area contributed by atoms with Crippen LogP contribution in [0.1, 0.15) is 38.7 Å². The molecule has 19 heavy (non-hydrogen) atoms. The molecule has 0 amide bonds. The van der Waals surface area contributed by atoms with E-state index >= 15 is 0 Å². The Bertz CT molecular complexity index is 420. The minimum absolute atomic E-state index is 0.504. The minimum atomic E-state index is 0.504. The molecule has 1 saturated heterocycles. The molecule has 0 aromatic carbocycles. The van der Waals surface area contributed by atoms with E-state index in [9.17, 15) is 0 Å². The fourth-order valence-electron chi connectivity index (χ4n) is 2.65. The van der Waals surface area contributed by atoms with Gasteiger partial charge in [-0.05, 0) is 58.2 Å². The maximum atomic E-state index is 6.15. The van der Waals surface area contributed by atoms with E-state index in [0.717, 1.165) is 17.8 Å². The summed E-state index contributed by atoms with van der Waals surface area (Å²) in [5.41, 5.74) is 2.12. The van der Waals surface area contributed by atoms with Crippen LogP contribution in [-0.4, -0.2) is 35.1 Å². The van der Waals surface area contributed by atoms with Crippen molar-refractivity contribution in [1.29, 1.82) is 0 Å². The number of halogens is 1. The van der Waals surface area contributed by atoms with Crippen LogP contribution in [0.25, 0.3) is 0 Å². The maximum absolute atomic E-state index is 6.15. The average Bonchev–Trinajstić information content (AvgIpc) is 2.59. The van der Waals surface area contributed by atoms with Gasteiger partial charge < -0.3 is 10.2 Å². The first kappa shape index (κ1) is 14.6. The number of anilines is 1. The molecular formula is C15H24ClN3. The van der Waals surface area contributed by atoms with Gasteiger partial charge in [0.15, 0.2) is 5.15 Å². The Hall–Kier alpha value is -0.800. The van der Waals surface area contributed by atoms with Crippen LogP contribution in [0.4, 0.5) is 5.69 Å². The van der Waals surface area contributed by atoms with E-state index in [1.165, 1.54) is 25.8 Å². The molecule has 1 aromatic heterocycles. The molecule has 2 heterocycles. The van der Waals surface area contributed by atoms with Crippen molar-refractivity contribution in [3.8, 4) is 0 Å². The summed E-state index contributed by atoms with van der Waals surface area (Å²) in [7, 11) is 0. The summed E-state index contributed by atoms with van der Waals surface area (Å²) in [6.45, 7) is 8.95. The van der Waals surface area contributed by atoms with Crippen molar-refractivity contribution in [3.05, 3.63) is 23.0 Å². The molecule has 1 atom stereocenters. The Kier molecular flexibility index (Phi) is 5.06. The second kappa shape index (κ2) is 6.58. The second-order valence-electron chi connectivity index (χ2n) is 5.75. The Balaban J connectivity index is 1.98. The van der Waals surface area contributed by atoms with E-state index in [-0.39, 0.29) is 0 Å². The largest absolute Gasteiger partial charge is 0.380 e. The van der Waals surface area contributed by atoms with Gasteiger partial charge in [-0.25, -0.2) is 4.98 Å². The topological polar surface area (TPSA) is 28.2 Å². The smallest absolute Gasteiger partial charge is 0.152 e. The zero-order valence-corrected chi connectivity index (χ0v) is 12.9. The number of hydrogen-bond acceptors (Lipinski definition) is 3. The predicted octanol–water partition coefficient (Wildman–Crippen LogP) is 3.72. The molecular weight excluding hydrogens is 258 g/mol. The standard InChI is InChI=1S/C15H24ClN3/c1-11(2)19-7-4-5-13(6-8-19)18-14-9-12(3)10-17-15(14)16/h9-11,13,18H,4-8H2,1-3H3. The van der Waals surface area contributed by atoms with Crippen molar-refractivity contribution >= 4 is 17.3 Å². The zero-order valence-electron chi connectivity index (χ0n) is 12.1. The van der Waals surface area contributed by atoms with Crippen LogP contribution < -0.4 is 5.32 Å². The Morgan fingerprint density at radius 3 is 2.89 bits per heavy atom. The Labute approximate surface area is 121 Å². The van der Waals surface area contributed by atoms with Crippen molar-refractivity contribution in [1.82, 2.24) is 9.88 Å². The van der Waals surface area contributed by atoms with Gasteiger partial charge in [0.25, 0.3) is 0 Å². The monoisotopic (exact) mass is 281 g/mol. The van der Waals surface area contributed by atoms with Gasteiger partial charge >= 0.3 is 0 Å². The summed E-state index contributed by atoms with van der Waals surface area (Å²) in [6.07, 6.45) is 5.42. The maximum Gasteiger partial charge on any atom is 0.152 e. The van der Waals surface area contributed by atoms with E-state index in [4.69, 9.17) is 11.6 Å². The summed E-state index contributed by atoms with van der Waals surface area (Å²) >= 11 is 6.15. The minimum Gasteiger partial charge on any atom is -0.380 e. The van der Waals surface area contributed by atoms with Crippen molar-refractivity contribution in [2.24, 2.45) is 0 Å². The molecule has 1 aromatic rings. The molecule has 1 aliphatic rings. The molecule has 2 rings (SSSR count). The van der Waals surface area contributed by atoms with Crippen molar-refractivity contribution < 1.29 is 0 Å². The second-order valence-corrected chi connectivity index (χ2v) is 6.11. The molecule has 3 nitrogen and oxygen atoms in total. The van der Waals surface area contributed by atoms with Gasteiger partial charge in [0.1, 0.15) is 0 Å². The number of likely N-dealkylation sites (tertiary alicyclic amines) is 1. The third kappa shape index (κ3) is 4.08. The van der Waals surface area contributed by atoms with Crippen LogP contribution in [0, 0.1) is 6.92 Å². The lowest BCUT2D eigenvalue weighted by molar-refractivity contribution is 0.230. The first-order valence-corrected chi connectivity index (χ1v) is 7.57. The highest BCUT2D eigenvalue weighted by atomic mass is 35.5. The summed E-state index contributed by atoms with van der Waals surface area (Å²) < 4.78 is 0. The van der Waals surface area contributed by atoms with Crippen LogP contribution in [0.2, 0.25) is 5.15 Å². The third-order valence-electron chi connectivity index (χ3n) is 3.83. The number of pyridine rings is 1. The molecule has 1 unspecified atom stereocenters. The molecule has 1 aliphatic heterocycles. The van der Waals surface area contributed by atoms with Crippen LogP contribution in [0.5, 0.6) is 0 Å². The Morgan fingerprint density at radius 1 is 1.37 bits per heavy atom. The fourth-order valence-corrected chi connectivity index (χ4v) is 2.81. The SMILES string of the molecule is Cc1cnc(Cl)c(NC2CCCN(C(C)C)CC2)c1. The molecule has 4 heteroatoms. The van der Waals surface area contributed by atoms with E-state index < -0.39 is 0 Å². The van der Waals surface area contributed by atoms with Gasteiger partial charge in [-0.15, -0.1) is 0 Å². The lowest BCUT2D eigenvalue weighted by atomic mass is 10.1. The van der Waals surface area contributed by atoms with Crippen molar-refractivity contribution in [3.63, 3.8) is 0 Å². The molecule has 106 valence electrons. The van der Waals surface area contributed by atoms with Gasteiger partial charge in [0.2, 0.25) is 0 Å². The van der Waals surface area contributed by atoms with E-state index in [1.807, 2.05) is 6.92 Å². The van der Waals surface area contributed by atoms with Gasteiger partial charge in [-0.2, -0.15) is 0 Å². The van der Waals surface area contributed by atoms with Crippen LogP contribution >= 0.6 is 11.6 Å². The number of nitrogens with zero attached hydrogens (tertiary/aromatic N) is 2. The first-order chi connectivity index (χ1) is 9.06. The summed E-state index contributed by atoms with van der Waals surface area (Å²) in [5.74, 6) is 0. The quantitative estimate of drug-likeness (QED) is 0.856. The number of aromatic nitrogens is 1. The summed E-state index contributed by atoms with van der Waals surface area (Å²) in [5, 5.41) is 4.15. The van der Waals surface area contributed by atoms with E-state index in [0.29, 0.717) is 17.2 Å². The number of rotatable bonds is 3. The molecule has 0 radical (unpaired) electrons. The Morgan fingerprint density at radius 2 is 2.16 bits per heavy atom. The lowest BCUT2D eigenvalue weighted by Gasteiger charge is -2.24. The van der Waals surface area contributed by atoms with Crippen LogP contribution in [0.15, 0.2) is 12.3 Å². The third-order valence-corrected chi connectivity index (χ3v) is 4.13. The number of hydrogen-bond donors (Lipinski definition) is 1. The van der Waals surface area contributed by atoms with E-state index in [2.05, 4.69) is 35.1 Å². The average molecular weight is 282 g/mol. The molecule has 1 N–H and O–H groups in total. The first-order valence-electron chi connectivity index (χ1n) is 7.19. The highest BCUT2D eigenvalue weighted by Crippen LogP contribution is 2.23. The number of nitrogens with one attached hydrogen (secondary N) is 1. The normalized spacial score (nSPS) is 21.4. The van der Waals surface area contributed by atoms with Gasteiger partial charge in [-0.1, -0.05) is 11.6 Å².